The smallest absolute Gasteiger partial charge is 0.255 e. The van der Waals surface area contributed by atoms with Crippen LogP contribution in [0.2, 0.25) is 0 Å². The van der Waals surface area contributed by atoms with Gasteiger partial charge < -0.3 is 16.0 Å². The van der Waals surface area contributed by atoms with Crippen LogP contribution in [-0.2, 0) is 4.79 Å². The maximum absolute atomic E-state index is 12.8. The van der Waals surface area contributed by atoms with Crippen molar-refractivity contribution in [2.75, 3.05) is 5.32 Å². The molecule has 1 aliphatic heterocycles. The summed E-state index contributed by atoms with van der Waals surface area (Å²) in [6.07, 6.45) is 3.68. The lowest BCUT2D eigenvalue weighted by Crippen LogP contribution is -2.46. The number of allylic oxidation sites excluding steroid dienone is 1. The number of hydrogen-bond acceptors (Lipinski definition) is 2. The molecular formula is C17H17N4OS+. The van der Waals surface area contributed by atoms with Crippen LogP contribution in [0.5, 0.6) is 0 Å². The van der Waals surface area contributed by atoms with Crippen LogP contribution in [0.1, 0.15) is 18.5 Å². The molecule has 0 spiro atoms. The SMILES string of the molecule is CC1=C(C(=O)Nc2ccccc2)C(c2ccc[nH+]c2)NC(=S)N1. The van der Waals surface area contributed by atoms with E-state index in [9.17, 15) is 4.79 Å². The second-order valence-corrected chi connectivity index (χ2v) is 5.64. The van der Waals surface area contributed by atoms with Crippen LogP contribution in [-0.4, -0.2) is 11.0 Å². The first-order valence-electron chi connectivity index (χ1n) is 7.26. The van der Waals surface area contributed by atoms with Crippen LogP contribution in [0, 0.1) is 0 Å². The summed E-state index contributed by atoms with van der Waals surface area (Å²) in [5, 5.41) is 9.62. The van der Waals surface area contributed by atoms with E-state index in [0.717, 1.165) is 16.9 Å². The fourth-order valence-corrected chi connectivity index (χ4v) is 2.82. The highest BCUT2D eigenvalue weighted by molar-refractivity contribution is 7.80. The number of carbonyl (C=O) groups excluding carboxylic acids is 1. The van der Waals surface area contributed by atoms with Crippen molar-refractivity contribution < 1.29 is 9.78 Å². The van der Waals surface area contributed by atoms with Gasteiger partial charge in [0.1, 0.15) is 0 Å². The van der Waals surface area contributed by atoms with Crippen LogP contribution >= 0.6 is 12.2 Å². The summed E-state index contributed by atoms with van der Waals surface area (Å²) in [5.41, 5.74) is 3.05. The molecule has 0 radical (unpaired) electrons. The summed E-state index contributed by atoms with van der Waals surface area (Å²) in [5.74, 6) is -0.162. The van der Waals surface area contributed by atoms with Gasteiger partial charge in [-0.05, 0) is 37.3 Å². The number of carbonyl (C=O) groups is 1. The monoisotopic (exact) mass is 325 g/mol. The molecular weight excluding hydrogens is 308 g/mol. The first kappa shape index (κ1) is 15.2. The maximum atomic E-state index is 12.8. The van der Waals surface area contributed by atoms with E-state index in [-0.39, 0.29) is 11.9 Å². The fraction of sp³-hybridized carbons (Fsp3) is 0.118. The molecule has 0 aliphatic carbocycles. The molecule has 1 amide bonds. The summed E-state index contributed by atoms with van der Waals surface area (Å²) in [4.78, 5) is 15.8. The first-order chi connectivity index (χ1) is 11.1. The van der Waals surface area contributed by atoms with E-state index in [4.69, 9.17) is 12.2 Å². The van der Waals surface area contributed by atoms with E-state index >= 15 is 0 Å². The Bertz CT molecular complexity index is 759. The quantitative estimate of drug-likeness (QED) is 0.755. The molecule has 0 bridgehead atoms. The number of pyridine rings is 1. The number of para-hydroxylation sites is 1. The third-order valence-electron chi connectivity index (χ3n) is 3.61. The third kappa shape index (κ3) is 3.37. The second-order valence-electron chi connectivity index (χ2n) is 5.23. The van der Waals surface area contributed by atoms with Gasteiger partial charge in [0.15, 0.2) is 17.5 Å². The predicted molar refractivity (Wildman–Crippen MR) is 92.4 cm³/mol. The zero-order valence-electron chi connectivity index (χ0n) is 12.6. The van der Waals surface area contributed by atoms with Gasteiger partial charge in [-0.2, -0.15) is 0 Å². The number of aromatic amines is 1. The summed E-state index contributed by atoms with van der Waals surface area (Å²) in [7, 11) is 0. The van der Waals surface area contributed by atoms with Gasteiger partial charge in [0, 0.05) is 23.0 Å². The lowest BCUT2D eigenvalue weighted by molar-refractivity contribution is -0.378. The molecule has 1 aromatic carbocycles. The lowest BCUT2D eigenvalue weighted by atomic mass is 9.96. The van der Waals surface area contributed by atoms with Crippen LogP contribution in [0.4, 0.5) is 5.69 Å². The van der Waals surface area contributed by atoms with Gasteiger partial charge in [-0.3, -0.25) is 4.79 Å². The average molecular weight is 325 g/mol. The molecule has 116 valence electrons. The molecule has 0 fully saturated rings. The molecule has 5 nitrogen and oxygen atoms in total. The number of rotatable bonds is 3. The van der Waals surface area contributed by atoms with Crippen molar-refractivity contribution in [3.05, 3.63) is 71.7 Å². The van der Waals surface area contributed by atoms with Gasteiger partial charge in [-0.25, -0.2) is 4.98 Å². The Labute approximate surface area is 139 Å². The van der Waals surface area contributed by atoms with Crippen molar-refractivity contribution in [2.45, 2.75) is 13.0 Å². The van der Waals surface area contributed by atoms with Gasteiger partial charge >= 0.3 is 0 Å². The minimum Gasteiger partial charge on any atom is -0.351 e. The minimum atomic E-state index is -0.301. The zero-order valence-corrected chi connectivity index (χ0v) is 13.4. The topological polar surface area (TPSA) is 67.3 Å². The van der Waals surface area contributed by atoms with E-state index in [1.165, 1.54) is 0 Å². The van der Waals surface area contributed by atoms with Gasteiger partial charge in [0.2, 0.25) is 0 Å². The van der Waals surface area contributed by atoms with Gasteiger partial charge in [0.05, 0.1) is 11.6 Å². The average Bonchev–Trinajstić information content (AvgIpc) is 2.55. The molecule has 1 unspecified atom stereocenters. The third-order valence-corrected chi connectivity index (χ3v) is 3.83. The highest BCUT2D eigenvalue weighted by Gasteiger charge is 2.30. The van der Waals surface area contributed by atoms with Crippen molar-refractivity contribution in [3.8, 4) is 0 Å². The number of aromatic nitrogens is 1. The summed E-state index contributed by atoms with van der Waals surface area (Å²) in [6.45, 7) is 1.85. The van der Waals surface area contributed by atoms with Crippen molar-refractivity contribution in [2.24, 2.45) is 0 Å². The molecule has 23 heavy (non-hydrogen) atoms. The van der Waals surface area contributed by atoms with Crippen LogP contribution < -0.4 is 20.9 Å². The van der Waals surface area contributed by atoms with Crippen molar-refractivity contribution in [3.63, 3.8) is 0 Å². The van der Waals surface area contributed by atoms with Gasteiger partial charge in [0.25, 0.3) is 5.91 Å². The Morgan fingerprint density at radius 1 is 1.22 bits per heavy atom. The molecule has 0 saturated carbocycles. The number of anilines is 1. The van der Waals surface area contributed by atoms with Crippen molar-refractivity contribution in [1.82, 2.24) is 10.6 Å². The second kappa shape index (κ2) is 6.58. The van der Waals surface area contributed by atoms with E-state index in [1.54, 1.807) is 0 Å². The Balaban J connectivity index is 1.94. The lowest BCUT2D eigenvalue weighted by Gasteiger charge is -2.29. The van der Waals surface area contributed by atoms with Gasteiger partial charge in [-0.15, -0.1) is 0 Å². The molecule has 6 heteroatoms. The highest BCUT2D eigenvalue weighted by Crippen LogP contribution is 2.26. The summed E-state index contributed by atoms with van der Waals surface area (Å²) >= 11 is 5.23. The van der Waals surface area contributed by atoms with Gasteiger partial charge in [-0.1, -0.05) is 18.2 Å². The number of benzene rings is 1. The number of H-pyrrole nitrogens is 1. The zero-order chi connectivity index (χ0) is 16.2. The Kier molecular flexibility index (Phi) is 4.34. The maximum Gasteiger partial charge on any atom is 0.255 e. The number of nitrogens with one attached hydrogen (secondary N) is 4. The summed E-state index contributed by atoms with van der Waals surface area (Å²) < 4.78 is 0. The van der Waals surface area contributed by atoms with E-state index < -0.39 is 0 Å². The Hall–Kier alpha value is -2.73. The van der Waals surface area contributed by atoms with E-state index in [2.05, 4.69) is 20.9 Å². The molecule has 0 saturated heterocycles. The fourth-order valence-electron chi connectivity index (χ4n) is 2.55. The standard InChI is InChI=1S/C17H16N4OS/c1-11-14(16(22)20-13-7-3-2-4-8-13)15(21-17(23)19-11)12-6-5-9-18-10-12/h2-10,15H,1H3,(H,20,22)(H2,19,21,23)/p+1. The van der Waals surface area contributed by atoms with Crippen LogP contribution in [0.15, 0.2) is 66.1 Å². The largest absolute Gasteiger partial charge is 0.351 e. The molecule has 4 N–H and O–H groups in total. The molecule has 1 aromatic heterocycles. The molecule has 2 heterocycles. The highest BCUT2D eigenvalue weighted by atomic mass is 32.1. The Morgan fingerprint density at radius 3 is 2.70 bits per heavy atom. The molecule has 2 aromatic rings. The van der Waals surface area contributed by atoms with E-state index in [0.29, 0.717) is 10.7 Å². The Morgan fingerprint density at radius 2 is 2.00 bits per heavy atom. The first-order valence-corrected chi connectivity index (χ1v) is 7.66. The van der Waals surface area contributed by atoms with Crippen molar-refractivity contribution in [1.29, 1.82) is 0 Å². The van der Waals surface area contributed by atoms with Crippen molar-refractivity contribution >= 4 is 28.9 Å². The minimum absolute atomic E-state index is 0.162. The molecule has 1 atom stereocenters. The van der Waals surface area contributed by atoms with Crippen LogP contribution in [0.3, 0.4) is 0 Å². The number of hydrogen-bond donors (Lipinski definition) is 3. The van der Waals surface area contributed by atoms with E-state index in [1.807, 2.05) is 61.8 Å². The molecule has 1 aliphatic rings. The number of amides is 1. The molecule has 3 rings (SSSR count). The van der Waals surface area contributed by atoms with Crippen LogP contribution in [0.25, 0.3) is 0 Å². The predicted octanol–water partition coefficient (Wildman–Crippen LogP) is 1.93. The number of thiocarbonyl (C=S) groups is 1. The summed E-state index contributed by atoms with van der Waals surface area (Å²) in [6, 6.07) is 12.9. The normalized spacial score (nSPS) is 17.3.